The Morgan fingerprint density at radius 1 is 1.00 bits per heavy atom. The van der Waals surface area contributed by atoms with Crippen molar-refractivity contribution in [3.05, 3.63) is 64.7 Å². The van der Waals surface area contributed by atoms with Gasteiger partial charge in [0.1, 0.15) is 5.75 Å². The van der Waals surface area contributed by atoms with Gasteiger partial charge in [-0.25, -0.2) is 0 Å². The molecule has 4 rings (SSSR count). The van der Waals surface area contributed by atoms with Gasteiger partial charge in [-0.05, 0) is 97.4 Å². The number of hydrogen-bond acceptors (Lipinski definition) is 1. The molecule has 1 fully saturated rings. The summed E-state index contributed by atoms with van der Waals surface area (Å²) in [4.78, 5) is 0. The molecule has 0 spiro atoms. The molecule has 3 heteroatoms. The molecule has 152 valence electrons. The van der Waals surface area contributed by atoms with E-state index in [0.717, 1.165) is 35.3 Å². The molecule has 0 aliphatic heterocycles. The van der Waals surface area contributed by atoms with Crippen LogP contribution in [-0.4, -0.2) is 6.61 Å². The van der Waals surface area contributed by atoms with Crippen molar-refractivity contribution in [3.63, 3.8) is 0 Å². The third kappa shape index (κ3) is 4.81. The number of alkyl halides is 2. The summed E-state index contributed by atoms with van der Waals surface area (Å²) in [5.74, 6) is 9.04. The van der Waals surface area contributed by atoms with Gasteiger partial charge in [0.05, 0.1) is 0 Å². The van der Waals surface area contributed by atoms with Gasteiger partial charge in [-0.1, -0.05) is 37.7 Å². The van der Waals surface area contributed by atoms with Gasteiger partial charge in [0.25, 0.3) is 0 Å². The van der Waals surface area contributed by atoms with Gasteiger partial charge in [0, 0.05) is 11.1 Å². The first-order valence-corrected chi connectivity index (χ1v) is 10.8. The summed E-state index contributed by atoms with van der Waals surface area (Å²) in [7, 11) is 0. The molecule has 0 saturated heterocycles. The zero-order valence-electron chi connectivity index (χ0n) is 17.0. The van der Waals surface area contributed by atoms with Crippen molar-refractivity contribution in [2.45, 2.75) is 64.4 Å². The van der Waals surface area contributed by atoms with Crippen LogP contribution in [0.1, 0.15) is 73.6 Å². The minimum Gasteiger partial charge on any atom is -0.435 e. The first-order valence-electron chi connectivity index (χ1n) is 10.8. The molecule has 2 aromatic rings. The zero-order valence-corrected chi connectivity index (χ0v) is 17.0. The minimum atomic E-state index is -2.80. The smallest absolute Gasteiger partial charge is 0.387 e. The summed E-state index contributed by atoms with van der Waals surface area (Å²) in [6.07, 6.45) is 9.28. The topological polar surface area (TPSA) is 9.23 Å². The molecule has 0 bridgehead atoms. The molecule has 0 amide bonds. The number of hydrogen-bond donors (Lipinski definition) is 0. The van der Waals surface area contributed by atoms with Crippen molar-refractivity contribution in [1.29, 1.82) is 0 Å². The van der Waals surface area contributed by atoms with Gasteiger partial charge in [-0.3, -0.25) is 0 Å². The van der Waals surface area contributed by atoms with E-state index in [9.17, 15) is 8.78 Å². The van der Waals surface area contributed by atoms with Crippen LogP contribution in [0.4, 0.5) is 8.78 Å². The second-order valence-corrected chi connectivity index (χ2v) is 8.44. The van der Waals surface area contributed by atoms with Crippen LogP contribution in [0.15, 0.2) is 42.5 Å². The normalized spacial score (nSPS) is 23.0. The minimum absolute atomic E-state index is 0.155. The van der Waals surface area contributed by atoms with E-state index in [1.807, 2.05) is 0 Å². The molecule has 3 atom stereocenters. The Hall–Kier alpha value is -2.34. The van der Waals surface area contributed by atoms with Gasteiger partial charge in [-0.15, -0.1) is 0 Å². The Bertz CT molecular complexity index is 891. The van der Waals surface area contributed by atoms with Crippen LogP contribution in [0.5, 0.6) is 5.75 Å². The Kier molecular flexibility index (Phi) is 6.19. The van der Waals surface area contributed by atoms with E-state index in [1.54, 1.807) is 17.7 Å². The molecular formula is C26H28F2O. The molecule has 29 heavy (non-hydrogen) atoms. The van der Waals surface area contributed by atoms with Crippen LogP contribution < -0.4 is 4.74 Å². The molecule has 0 aromatic heterocycles. The number of fused-ring (bicyclic) bond motifs is 3. The summed E-state index contributed by atoms with van der Waals surface area (Å²) < 4.78 is 28.8. The Labute approximate surface area is 172 Å². The maximum Gasteiger partial charge on any atom is 0.387 e. The van der Waals surface area contributed by atoms with Crippen LogP contribution >= 0.6 is 0 Å². The largest absolute Gasteiger partial charge is 0.435 e. The van der Waals surface area contributed by atoms with Crippen molar-refractivity contribution in [3.8, 4) is 17.6 Å². The maximum atomic E-state index is 12.2. The van der Waals surface area contributed by atoms with E-state index in [2.05, 4.69) is 41.7 Å². The van der Waals surface area contributed by atoms with Gasteiger partial charge >= 0.3 is 6.61 Å². The average molecular weight is 395 g/mol. The fourth-order valence-corrected chi connectivity index (χ4v) is 5.23. The summed E-state index contributed by atoms with van der Waals surface area (Å²) >= 11 is 0. The SMILES string of the molecule is CCC[C@@H]1CC[C@@H]2c3ccc(C#Cc4ccc(OC(F)F)cc4)cc3CC[C@@H]2C1. The van der Waals surface area contributed by atoms with Crippen LogP contribution in [-0.2, 0) is 6.42 Å². The highest BCUT2D eigenvalue weighted by Gasteiger charge is 2.34. The van der Waals surface area contributed by atoms with E-state index < -0.39 is 6.61 Å². The van der Waals surface area contributed by atoms with E-state index in [-0.39, 0.29) is 5.75 Å². The van der Waals surface area contributed by atoms with Crippen molar-refractivity contribution in [1.82, 2.24) is 0 Å². The van der Waals surface area contributed by atoms with Crippen LogP contribution in [0.3, 0.4) is 0 Å². The molecular weight excluding hydrogens is 366 g/mol. The lowest BCUT2D eigenvalue weighted by Crippen LogP contribution is -2.28. The van der Waals surface area contributed by atoms with Gasteiger partial charge in [-0.2, -0.15) is 8.78 Å². The molecule has 0 unspecified atom stereocenters. The number of benzene rings is 2. The van der Waals surface area contributed by atoms with Crippen LogP contribution in [0.2, 0.25) is 0 Å². The lowest BCUT2D eigenvalue weighted by Gasteiger charge is -2.40. The summed E-state index contributed by atoms with van der Waals surface area (Å²) in [5.41, 5.74) is 4.83. The molecule has 1 saturated carbocycles. The van der Waals surface area contributed by atoms with E-state index in [4.69, 9.17) is 0 Å². The van der Waals surface area contributed by atoms with Crippen LogP contribution in [0, 0.1) is 23.7 Å². The standard InChI is InChI=1S/C26H28F2O/c1-2-3-19-8-14-24-21(16-19)10-11-22-17-20(9-15-25(22)24)5-4-18-6-12-23(13-7-18)29-26(27)28/h6-7,9,12-13,15,17,19,21,24,26H,2-3,8,10-11,14,16H2,1H3/t19-,21-,24+/m1/s1. The Morgan fingerprint density at radius 3 is 2.52 bits per heavy atom. The highest BCUT2D eigenvalue weighted by atomic mass is 19.3. The zero-order chi connectivity index (χ0) is 20.2. The van der Waals surface area contributed by atoms with Crippen LogP contribution in [0.25, 0.3) is 0 Å². The molecule has 0 radical (unpaired) electrons. The Morgan fingerprint density at radius 2 is 1.76 bits per heavy atom. The highest BCUT2D eigenvalue weighted by Crippen LogP contribution is 2.47. The molecule has 2 aliphatic carbocycles. The third-order valence-electron chi connectivity index (χ3n) is 6.55. The molecule has 0 N–H and O–H groups in total. The molecule has 1 nitrogen and oxygen atoms in total. The number of aryl methyl sites for hydroxylation is 1. The van der Waals surface area contributed by atoms with Gasteiger partial charge in [0.15, 0.2) is 0 Å². The monoisotopic (exact) mass is 394 g/mol. The maximum absolute atomic E-state index is 12.2. The average Bonchev–Trinajstić information content (AvgIpc) is 2.72. The number of halogens is 2. The fourth-order valence-electron chi connectivity index (χ4n) is 5.23. The van der Waals surface area contributed by atoms with Gasteiger partial charge in [0.2, 0.25) is 0 Å². The number of ether oxygens (including phenoxy) is 1. The molecule has 2 aromatic carbocycles. The summed E-state index contributed by atoms with van der Waals surface area (Å²) in [5, 5.41) is 0. The van der Waals surface area contributed by atoms with E-state index >= 15 is 0 Å². The lowest BCUT2D eigenvalue weighted by atomic mass is 9.64. The van der Waals surface area contributed by atoms with Crippen molar-refractivity contribution >= 4 is 0 Å². The quantitative estimate of drug-likeness (QED) is 0.511. The Balaban J connectivity index is 1.46. The van der Waals surface area contributed by atoms with Crippen molar-refractivity contribution in [2.24, 2.45) is 11.8 Å². The van der Waals surface area contributed by atoms with Crippen molar-refractivity contribution < 1.29 is 13.5 Å². The second-order valence-electron chi connectivity index (χ2n) is 8.44. The number of rotatable bonds is 4. The first kappa shape index (κ1) is 20.0. The highest BCUT2D eigenvalue weighted by molar-refractivity contribution is 5.48. The third-order valence-corrected chi connectivity index (χ3v) is 6.55. The summed E-state index contributed by atoms with van der Waals surface area (Å²) in [6, 6.07) is 13.2. The second kappa shape index (κ2) is 8.99. The first-order chi connectivity index (χ1) is 14.1. The molecule has 0 heterocycles. The molecule has 2 aliphatic rings. The van der Waals surface area contributed by atoms with Crippen molar-refractivity contribution in [2.75, 3.05) is 0 Å². The van der Waals surface area contributed by atoms with E-state index in [1.165, 1.54) is 56.2 Å². The summed E-state index contributed by atoms with van der Waals surface area (Å²) in [6.45, 7) is -0.500. The lowest BCUT2D eigenvalue weighted by molar-refractivity contribution is -0.0498. The predicted molar refractivity (Wildman–Crippen MR) is 112 cm³/mol. The predicted octanol–water partition coefficient (Wildman–Crippen LogP) is 6.93. The van der Waals surface area contributed by atoms with Gasteiger partial charge < -0.3 is 4.74 Å². The fraction of sp³-hybridized carbons (Fsp3) is 0.462. The van der Waals surface area contributed by atoms with E-state index in [0.29, 0.717) is 0 Å².